The van der Waals surface area contributed by atoms with Crippen molar-refractivity contribution in [2.24, 2.45) is 0 Å². The highest BCUT2D eigenvalue weighted by Crippen LogP contribution is 2.09. The Morgan fingerprint density at radius 2 is 2.00 bits per heavy atom. The van der Waals surface area contributed by atoms with Crippen molar-refractivity contribution in [1.29, 1.82) is 0 Å². The van der Waals surface area contributed by atoms with E-state index in [2.05, 4.69) is 30.6 Å². The van der Waals surface area contributed by atoms with Crippen LogP contribution in [0.4, 0.5) is 0 Å². The van der Waals surface area contributed by atoms with Crippen LogP contribution in [0.1, 0.15) is 20.3 Å². The van der Waals surface area contributed by atoms with Crippen molar-refractivity contribution in [1.82, 2.24) is 10.2 Å². The highest BCUT2D eigenvalue weighted by molar-refractivity contribution is 4.83. The van der Waals surface area contributed by atoms with E-state index in [9.17, 15) is 0 Å². The molecule has 0 unspecified atom stereocenters. The highest BCUT2D eigenvalue weighted by atomic mass is 15.2. The van der Waals surface area contributed by atoms with Crippen LogP contribution >= 0.6 is 0 Å². The van der Waals surface area contributed by atoms with Gasteiger partial charge in [-0.1, -0.05) is 6.08 Å². The van der Waals surface area contributed by atoms with E-state index in [-0.39, 0.29) is 0 Å². The average molecular weight is 168 g/mol. The molecule has 12 heavy (non-hydrogen) atoms. The molecule has 2 heteroatoms. The van der Waals surface area contributed by atoms with E-state index in [1.165, 1.54) is 0 Å². The Balaban J connectivity index is 2.39. The minimum atomic E-state index is 0.675. The van der Waals surface area contributed by atoms with Gasteiger partial charge in [0.05, 0.1) is 0 Å². The van der Waals surface area contributed by atoms with Gasteiger partial charge >= 0.3 is 0 Å². The lowest BCUT2D eigenvalue weighted by Crippen LogP contribution is -2.55. The lowest BCUT2D eigenvalue weighted by molar-refractivity contribution is 0.119. The zero-order chi connectivity index (χ0) is 8.97. The molecule has 0 bridgehead atoms. The van der Waals surface area contributed by atoms with Crippen LogP contribution in [-0.2, 0) is 0 Å². The fourth-order valence-electron chi connectivity index (χ4n) is 1.85. The maximum Gasteiger partial charge on any atom is 0.0195 e. The smallest absolute Gasteiger partial charge is 0.0195 e. The SMILES string of the molecule is C=CCCN1[C@H](C)CNC[C@@H]1C. The number of hydrogen-bond acceptors (Lipinski definition) is 2. The van der Waals surface area contributed by atoms with Gasteiger partial charge in [-0.05, 0) is 20.3 Å². The number of hydrogen-bond donors (Lipinski definition) is 1. The molecule has 0 aromatic carbocycles. The predicted molar refractivity (Wildman–Crippen MR) is 53.3 cm³/mol. The fraction of sp³-hybridized carbons (Fsp3) is 0.800. The number of rotatable bonds is 3. The molecule has 0 saturated carbocycles. The molecular weight excluding hydrogens is 148 g/mol. The Bertz CT molecular complexity index is 135. The van der Waals surface area contributed by atoms with Gasteiger partial charge in [-0.15, -0.1) is 6.58 Å². The molecule has 2 nitrogen and oxygen atoms in total. The summed E-state index contributed by atoms with van der Waals surface area (Å²) in [5.41, 5.74) is 0. The predicted octanol–water partition coefficient (Wildman–Crippen LogP) is 1.24. The summed E-state index contributed by atoms with van der Waals surface area (Å²) in [6, 6.07) is 1.35. The van der Waals surface area contributed by atoms with Crippen LogP contribution in [0, 0.1) is 0 Å². The molecule has 0 spiro atoms. The van der Waals surface area contributed by atoms with Crippen LogP contribution in [0.25, 0.3) is 0 Å². The Labute approximate surface area is 75.6 Å². The maximum absolute atomic E-state index is 3.75. The zero-order valence-corrected chi connectivity index (χ0v) is 8.21. The van der Waals surface area contributed by atoms with Crippen molar-refractivity contribution in [3.63, 3.8) is 0 Å². The second kappa shape index (κ2) is 4.63. The zero-order valence-electron chi connectivity index (χ0n) is 8.21. The van der Waals surface area contributed by atoms with Crippen LogP contribution in [-0.4, -0.2) is 36.6 Å². The third-order valence-electron chi connectivity index (χ3n) is 2.60. The van der Waals surface area contributed by atoms with Gasteiger partial charge in [0.15, 0.2) is 0 Å². The standard InChI is InChI=1S/C10H20N2/c1-4-5-6-12-9(2)7-11-8-10(12)3/h4,9-11H,1,5-8H2,2-3H3/t9-,10+. The summed E-state index contributed by atoms with van der Waals surface area (Å²) in [6.45, 7) is 11.7. The molecule has 0 aromatic rings. The van der Waals surface area contributed by atoms with E-state index in [0.29, 0.717) is 12.1 Å². The molecule has 0 aromatic heterocycles. The molecule has 1 N–H and O–H groups in total. The second-order valence-corrected chi connectivity index (χ2v) is 3.67. The highest BCUT2D eigenvalue weighted by Gasteiger charge is 2.22. The molecule has 1 aliphatic rings. The lowest BCUT2D eigenvalue weighted by Gasteiger charge is -2.39. The van der Waals surface area contributed by atoms with Gasteiger partial charge in [0.25, 0.3) is 0 Å². The Morgan fingerprint density at radius 1 is 1.42 bits per heavy atom. The Kier molecular flexibility index (Phi) is 3.76. The molecule has 1 fully saturated rings. The summed E-state index contributed by atoms with van der Waals surface area (Å²) in [5.74, 6) is 0. The van der Waals surface area contributed by atoms with E-state index >= 15 is 0 Å². The van der Waals surface area contributed by atoms with Crippen molar-refractivity contribution < 1.29 is 0 Å². The average Bonchev–Trinajstić information content (AvgIpc) is 2.04. The molecule has 1 aliphatic heterocycles. The maximum atomic E-state index is 3.75. The van der Waals surface area contributed by atoms with Crippen molar-refractivity contribution in [3.05, 3.63) is 12.7 Å². The van der Waals surface area contributed by atoms with Gasteiger partial charge in [0, 0.05) is 31.7 Å². The first-order valence-corrected chi connectivity index (χ1v) is 4.83. The number of nitrogens with zero attached hydrogens (tertiary/aromatic N) is 1. The monoisotopic (exact) mass is 168 g/mol. The first kappa shape index (κ1) is 9.75. The van der Waals surface area contributed by atoms with Crippen LogP contribution in [0.5, 0.6) is 0 Å². The first-order valence-electron chi connectivity index (χ1n) is 4.83. The van der Waals surface area contributed by atoms with Crippen molar-refractivity contribution in [2.45, 2.75) is 32.4 Å². The van der Waals surface area contributed by atoms with Crippen LogP contribution in [0.15, 0.2) is 12.7 Å². The van der Waals surface area contributed by atoms with E-state index in [4.69, 9.17) is 0 Å². The van der Waals surface area contributed by atoms with Crippen LogP contribution < -0.4 is 5.32 Å². The third-order valence-corrected chi connectivity index (χ3v) is 2.60. The van der Waals surface area contributed by atoms with Gasteiger partial charge < -0.3 is 5.32 Å². The summed E-state index contributed by atoms with van der Waals surface area (Å²) in [6.07, 6.45) is 3.11. The van der Waals surface area contributed by atoms with Gasteiger partial charge in [0.2, 0.25) is 0 Å². The Hall–Kier alpha value is -0.340. The lowest BCUT2D eigenvalue weighted by atomic mass is 10.1. The molecule has 2 atom stereocenters. The largest absolute Gasteiger partial charge is 0.314 e. The minimum absolute atomic E-state index is 0.675. The Morgan fingerprint density at radius 3 is 2.50 bits per heavy atom. The molecule has 0 aliphatic carbocycles. The summed E-state index contributed by atoms with van der Waals surface area (Å²) < 4.78 is 0. The quantitative estimate of drug-likeness (QED) is 0.638. The number of nitrogens with one attached hydrogen (secondary N) is 1. The van der Waals surface area contributed by atoms with E-state index in [1.54, 1.807) is 0 Å². The number of piperazine rings is 1. The molecule has 1 rings (SSSR count). The van der Waals surface area contributed by atoms with Crippen LogP contribution in [0.2, 0.25) is 0 Å². The summed E-state index contributed by atoms with van der Waals surface area (Å²) in [4.78, 5) is 2.55. The van der Waals surface area contributed by atoms with Crippen molar-refractivity contribution >= 4 is 0 Å². The normalized spacial score (nSPS) is 31.8. The topological polar surface area (TPSA) is 15.3 Å². The fourth-order valence-corrected chi connectivity index (χ4v) is 1.85. The molecule has 0 radical (unpaired) electrons. The molecule has 1 heterocycles. The first-order chi connectivity index (χ1) is 5.75. The van der Waals surface area contributed by atoms with Crippen molar-refractivity contribution in [3.8, 4) is 0 Å². The second-order valence-electron chi connectivity index (χ2n) is 3.67. The van der Waals surface area contributed by atoms with Gasteiger partial charge in [-0.3, -0.25) is 4.90 Å². The van der Waals surface area contributed by atoms with E-state index < -0.39 is 0 Å². The molecular formula is C10H20N2. The van der Waals surface area contributed by atoms with E-state index in [1.807, 2.05) is 6.08 Å². The summed E-state index contributed by atoms with van der Waals surface area (Å²) in [7, 11) is 0. The van der Waals surface area contributed by atoms with Gasteiger partial charge in [-0.2, -0.15) is 0 Å². The van der Waals surface area contributed by atoms with Crippen LogP contribution in [0.3, 0.4) is 0 Å². The third kappa shape index (κ3) is 2.32. The molecule has 0 amide bonds. The van der Waals surface area contributed by atoms with Gasteiger partial charge in [-0.25, -0.2) is 0 Å². The van der Waals surface area contributed by atoms with Crippen molar-refractivity contribution in [2.75, 3.05) is 19.6 Å². The minimum Gasteiger partial charge on any atom is -0.314 e. The van der Waals surface area contributed by atoms with Gasteiger partial charge in [0.1, 0.15) is 0 Å². The van der Waals surface area contributed by atoms with E-state index in [0.717, 1.165) is 26.1 Å². The summed E-state index contributed by atoms with van der Waals surface area (Å²) in [5, 5.41) is 3.42. The molecule has 1 saturated heterocycles. The summed E-state index contributed by atoms with van der Waals surface area (Å²) >= 11 is 0. The molecule has 70 valence electrons.